The molecule has 2 nitrogen and oxygen atoms in total. The molecule has 18 heavy (non-hydrogen) atoms. The summed E-state index contributed by atoms with van der Waals surface area (Å²) in [7, 11) is 0. The molecule has 4 heteroatoms. The van der Waals surface area contributed by atoms with Gasteiger partial charge in [-0.05, 0) is 66.4 Å². The molecule has 0 spiro atoms. The predicted molar refractivity (Wildman–Crippen MR) is 83.1 cm³/mol. The lowest BCUT2D eigenvalue weighted by Crippen LogP contribution is -2.42. The highest BCUT2D eigenvalue weighted by Gasteiger charge is 2.31. The molecule has 2 aliphatic rings. The van der Waals surface area contributed by atoms with Crippen molar-refractivity contribution in [1.82, 2.24) is 4.90 Å². The van der Waals surface area contributed by atoms with Gasteiger partial charge in [-0.2, -0.15) is 0 Å². The van der Waals surface area contributed by atoms with Crippen LogP contribution < -0.4 is 5.32 Å². The molecule has 0 radical (unpaired) electrons. The Labute approximate surface area is 125 Å². The molecular formula is C14H18Br2N2. The minimum atomic E-state index is 0.627. The lowest BCUT2D eigenvalue weighted by atomic mass is 9.97. The van der Waals surface area contributed by atoms with Crippen molar-refractivity contribution in [2.75, 3.05) is 18.4 Å². The van der Waals surface area contributed by atoms with E-state index in [0.717, 1.165) is 15.0 Å². The van der Waals surface area contributed by atoms with Crippen LogP contribution in [0.3, 0.4) is 0 Å². The molecule has 2 saturated heterocycles. The fourth-order valence-corrected chi connectivity index (χ4v) is 4.34. The maximum atomic E-state index is 3.69. The van der Waals surface area contributed by atoms with Gasteiger partial charge in [0.1, 0.15) is 0 Å². The molecule has 3 rings (SSSR count). The van der Waals surface area contributed by atoms with Crippen LogP contribution in [0.4, 0.5) is 5.69 Å². The van der Waals surface area contributed by atoms with Crippen molar-refractivity contribution >= 4 is 37.5 Å². The molecule has 2 atom stereocenters. The Morgan fingerprint density at radius 3 is 2.89 bits per heavy atom. The second kappa shape index (κ2) is 5.51. The van der Waals surface area contributed by atoms with E-state index in [1.165, 1.54) is 44.5 Å². The third-order valence-corrected chi connectivity index (χ3v) is 5.26. The number of fused-ring (bicyclic) bond motifs is 1. The second-order valence-corrected chi connectivity index (χ2v) is 7.09. The van der Waals surface area contributed by atoms with Gasteiger partial charge in [-0.1, -0.05) is 15.9 Å². The molecule has 2 unspecified atom stereocenters. The highest BCUT2D eigenvalue weighted by atomic mass is 79.9. The molecule has 1 N–H and O–H groups in total. The Morgan fingerprint density at radius 1 is 1.17 bits per heavy atom. The summed E-state index contributed by atoms with van der Waals surface area (Å²) in [6.45, 7) is 2.58. The molecule has 0 amide bonds. The van der Waals surface area contributed by atoms with Gasteiger partial charge in [0.25, 0.3) is 0 Å². The Bertz CT molecular complexity index is 436. The van der Waals surface area contributed by atoms with Gasteiger partial charge in [-0.25, -0.2) is 0 Å². The smallest absolute Gasteiger partial charge is 0.0487 e. The van der Waals surface area contributed by atoms with Crippen LogP contribution in [-0.4, -0.2) is 30.1 Å². The normalized spacial score (nSPS) is 28.1. The maximum absolute atomic E-state index is 3.69. The average molecular weight is 374 g/mol. The van der Waals surface area contributed by atoms with Crippen LogP contribution in [0.5, 0.6) is 0 Å². The number of hydrogen-bond donors (Lipinski definition) is 1. The Morgan fingerprint density at radius 2 is 2.06 bits per heavy atom. The van der Waals surface area contributed by atoms with Gasteiger partial charge in [-0.15, -0.1) is 0 Å². The van der Waals surface area contributed by atoms with E-state index in [4.69, 9.17) is 0 Å². The van der Waals surface area contributed by atoms with Gasteiger partial charge in [0.15, 0.2) is 0 Å². The van der Waals surface area contributed by atoms with Gasteiger partial charge in [0.05, 0.1) is 0 Å². The maximum Gasteiger partial charge on any atom is 0.0487 e. The lowest BCUT2D eigenvalue weighted by Gasteiger charge is -2.35. The van der Waals surface area contributed by atoms with Crippen LogP contribution in [0.1, 0.15) is 25.7 Å². The topological polar surface area (TPSA) is 15.3 Å². The van der Waals surface area contributed by atoms with Crippen LogP contribution in [0, 0.1) is 0 Å². The van der Waals surface area contributed by atoms with E-state index in [1.807, 2.05) is 0 Å². The minimum Gasteiger partial charge on any atom is -0.381 e. The summed E-state index contributed by atoms with van der Waals surface area (Å²) < 4.78 is 2.26. The molecule has 0 aromatic heterocycles. The Hall–Kier alpha value is -0.0600. The zero-order valence-electron chi connectivity index (χ0n) is 10.3. The largest absolute Gasteiger partial charge is 0.381 e. The van der Waals surface area contributed by atoms with E-state index < -0.39 is 0 Å². The SMILES string of the molecule is Brc1ccc(NC2CCN3CCCC3C2)c(Br)c1. The quantitative estimate of drug-likeness (QED) is 0.833. The zero-order chi connectivity index (χ0) is 12.5. The number of nitrogens with zero attached hydrogens (tertiary/aromatic N) is 1. The van der Waals surface area contributed by atoms with Crippen molar-refractivity contribution in [2.45, 2.75) is 37.8 Å². The fraction of sp³-hybridized carbons (Fsp3) is 0.571. The number of nitrogens with one attached hydrogen (secondary N) is 1. The summed E-state index contributed by atoms with van der Waals surface area (Å²) in [4.78, 5) is 2.66. The molecule has 0 bridgehead atoms. The monoisotopic (exact) mass is 372 g/mol. The van der Waals surface area contributed by atoms with E-state index in [2.05, 4.69) is 60.3 Å². The van der Waals surface area contributed by atoms with Crippen LogP contribution in [0.2, 0.25) is 0 Å². The number of halogens is 2. The first-order chi connectivity index (χ1) is 8.72. The number of benzene rings is 1. The summed E-state index contributed by atoms with van der Waals surface area (Å²) in [5.41, 5.74) is 1.22. The Kier molecular flexibility index (Phi) is 3.97. The Balaban J connectivity index is 1.66. The summed E-state index contributed by atoms with van der Waals surface area (Å²) in [6.07, 6.45) is 5.33. The van der Waals surface area contributed by atoms with E-state index in [0.29, 0.717) is 6.04 Å². The van der Waals surface area contributed by atoms with E-state index in [-0.39, 0.29) is 0 Å². The first-order valence-electron chi connectivity index (χ1n) is 6.68. The predicted octanol–water partition coefficient (Wildman–Crippen LogP) is 4.25. The molecule has 2 aliphatic heterocycles. The van der Waals surface area contributed by atoms with Crippen molar-refractivity contribution in [3.05, 3.63) is 27.1 Å². The molecule has 1 aromatic carbocycles. The third kappa shape index (κ3) is 2.75. The molecule has 2 heterocycles. The summed E-state index contributed by atoms with van der Waals surface area (Å²) >= 11 is 7.12. The van der Waals surface area contributed by atoms with Crippen molar-refractivity contribution in [2.24, 2.45) is 0 Å². The lowest BCUT2D eigenvalue weighted by molar-refractivity contribution is 0.188. The van der Waals surface area contributed by atoms with Crippen LogP contribution in [0.25, 0.3) is 0 Å². The van der Waals surface area contributed by atoms with Gasteiger partial charge in [0, 0.05) is 33.3 Å². The summed E-state index contributed by atoms with van der Waals surface area (Å²) in [6, 6.07) is 7.80. The molecule has 1 aromatic rings. The van der Waals surface area contributed by atoms with Crippen molar-refractivity contribution in [1.29, 1.82) is 0 Å². The van der Waals surface area contributed by atoms with E-state index in [9.17, 15) is 0 Å². The molecule has 0 aliphatic carbocycles. The number of anilines is 1. The summed E-state index contributed by atoms with van der Waals surface area (Å²) in [5.74, 6) is 0. The third-order valence-electron chi connectivity index (χ3n) is 4.11. The molecule has 0 saturated carbocycles. The van der Waals surface area contributed by atoms with Crippen molar-refractivity contribution in [3.63, 3.8) is 0 Å². The van der Waals surface area contributed by atoms with Gasteiger partial charge >= 0.3 is 0 Å². The first kappa shape index (κ1) is 12.9. The first-order valence-corrected chi connectivity index (χ1v) is 8.26. The van der Waals surface area contributed by atoms with Crippen LogP contribution in [-0.2, 0) is 0 Å². The molecular weight excluding hydrogens is 356 g/mol. The minimum absolute atomic E-state index is 0.627. The van der Waals surface area contributed by atoms with Gasteiger partial charge < -0.3 is 10.2 Å². The standard InChI is InChI=1S/C14H18Br2N2/c15-10-3-4-14(13(16)8-10)17-11-5-7-18-6-1-2-12(18)9-11/h3-4,8,11-12,17H,1-2,5-7,9H2. The number of piperidine rings is 1. The van der Waals surface area contributed by atoms with E-state index in [1.54, 1.807) is 0 Å². The molecule has 98 valence electrons. The highest BCUT2D eigenvalue weighted by molar-refractivity contribution is 9.11. The number of hydrogen-bond acceptors (Lipinski definition) is 2. The second-order valence-electron chi connectivity index (χ2n) is 5.32. The highest BCUT2D eigenvalue weighted by Crippen LogP contribution is 2.31. The van der Waals surface area contributed by atoms with Gasteiger partial charge in [0.2, 0.25) is 0 Å². The fourth-order valence-electron chi connectivity index (χ4n) is 3.18. The van der Waals surface area contributed by atoms with Crippen molar-refractivity contribution in [3.8, 4) is 0 Å². The van der Waals surface area contributed by atoms with Crippen LogP contribution in [0.15, 0.2) is 27.1 Å². The summed E-state index contributed by atoms with van der Waals surface area (Å²) in [5, 5.41) is 3.69. The molecule has 2 fully saturated rings. The van der Waals surface area contributed by atoms with E-state index >= 15 is 0 Å². The average Bonchev–Trinajstić information content (AvgIpc) is 2.80. The zero-order valence-corrected chi connectivity index (χ0v) is 13.5. The van der Waals surface area contributed by atoms with Crippen LogP contribution >= 0.6 is 31.9 Å². The van der Waals surface area contributed by atoms with Gasteiger partial charge in [-0.3, -0.25) is 0 Å². The van der Waals surface area contributed by atoms with Crippen molar-refractivity contribution < 1.29 is 0 Å². The number of rotatable bonds is 2.